The van der Waals surface area contributed by atoms with E-state index in [9.17, 15) is 4.79 Å². The van der Waals surface area contributed by atoms with Crippen molar-refractivity contribution in [2.24, 2.45) is 11.3 Å². The number of likely N-dealkylation sites (tertiary alicyclic amines) is 1. The second kappa shape index (κ2) is 6.54. The van der Waals surface area contributed by atoms with Gasteiger partial charge in [0.05, 0.1) is 0 Å². The molecule has 2 aliphatic heterocycles. The Labute approximate surface area is 143 Å². The molecule has 2 fully saturated rings. The van der Waals surface area contributed by atoms with Crippen LogP contribution in [0.15, 0.2) is 30.6 Å². The lowest BCUT2D eigenvalue weighted by Gasteiger charge is -2.48. The van der Waals surface area contributed by atoms with Crippen molar-refractivity contribution in [3.63, 3.8) is 0 Å². The molecule has 0 saturated carbocycles. The molecule has 1 amide bonds. The van der Waals surface area contributed by atoms with E-state index < -0.39 is 0 Å². The summed E-state index contributed by atoms with van der Waals surface area (Å²) >= 11 is 0. The summed E-state index contributed by atoms with van der Waals surface area (Å²) in [6, 6.07) is 1.87. The molecule has 4 rings (SSSR count). The Bertz CT molecular complexity index is 599. The van der Waals surface area contributed by atoms with Gasteiger partial charge in [-0.05, 0) is 50.0 Å². The Balaban J connectivity index is 1.38. The van der Waals surface area contributed by atoms with Crippen molar-refractivity contribution >= 4 is 11.9 Å². The van der Waals surface area contributed by atoms with Crippen LogP contribution in [-0.4, -0.2) is 47.0 Å². The Morgan fingerprint density at radius 2 is 1.75 bits per heavy atom. The first-order valence-electron chi connectivity index (χ1n) is 9.22. The molecule has 3 aliphatic rings. The maximum absolute atomic E-state index is 12.6. The molecule has 128 valence electrons. The second-order valence-corrected chi connectivity index (χ2v) is 7.54. The average Bonchev–Trinajstić information content (AvgIpc) is 3.17. The lowest BCUT2D eigenvalue weighted by atomic mass is 9.72. The number of piperidine rings is 2. The quantitative estimate of drug-likeness (QED) is 0.784. The van der Waals surface area contributed by atoms with Gasteiger partial charge in [-0.2, -0.15) is 0 Å². The van der Waals surface area contributed by atoms with Crippen molar-refractivity contribution in [1.29, 1.82) is 0 Å². The van der Waals surface area contributed by atoms with Crippen LogP contribution in [0.4, 0.5) is 5.95 Å². The molecular weight excluding hydrogens is 300 g/mol. The molecule has 0 atom stereocenters. The largest absolute Gasteiger partial charge is 0.342 e. The Morgan fingerprint density at radius 1 is 1.04 bits per heavy atom. The third-order valence-corrected chi connectivity index (χ3v) is 5.99. The van der Waals surface area contributed by atoms with Crippen LogP contribution in [0.1, 0.15) is 38.5 Å². The minimum atomic E-state index is 0.208. The first kappa shape index (κ1) is 15.6. The Morgan fingerprint density at radius 3 is 2.46 bits per heavy atom. The number of hydrogen-bond donors (Lipinski definition) is 0. The number of nitrogens with zero attached hydrogens (tertiary/aromatic N) is 4. The number of amides is 1. The SMILES string of the molecule is O=C(C1CC=CC1)N1CCC2(CCCN(c3ncccn3)C2)CC1. The van der Waals surface area contributed by atoms with Gasteiger partial charge in [-0.15, -0.1) is 0 Å². The van der Waals surface area contributed by atoms with Gasteiger partial charge < -0.3 is 9.80 Å². The summed E-state index contributed by atoms with van der Waals surface area (Å²) in [4.78, 5) is 25.9. The van der Waals surface area contributed by atoms with Crippen LogP contribution in [0.3, 0.4) is 0 Å². The highest BCUT2D eigenvalue weighted by Gasteiger charge is 2.40. The van der Waals surface area contributed by atoms with Crippen LogP contribution in [-0.2, 0) is 4.79 Å². The second-order valence-electron chi connectivity index (χ2n) is 7.54. The van der Waals surface area contributed by atoms with E-state index in [-0.39, 0.29) is 5.92 Å². The fourth-order valence-electron chi connectivity index (χ4n) is 4.52. The lowest BCUT2D eigenvalue weighted by molar-refractivity contribution is -0.137. The molecule has 1 aromatic rings. The summed E-state index contributed by atoms with van der Waals surface area (Å²) < 4.78 is 0. The molecule has 0 aromatic carbocycles. The summed E-state index contributed by atoms with van der Waals surface area (Å²) in [7, 11) is 0. The van der Waals surface area contributed by atoms with E-state index in [2.05, 4.69) is 31.9 Å². The molecule has 1 spiro atoms. The van der Waals surface area contributed by atoms with E-state index in [1.54, 1.807) is 0 Å². The van der Waals surface area contributed by atoms with Crippen molar-refractivity contribution in [2.75, 3.05) is 31.1 Å². The highest BCUT2D eigenvalue weighted by molar-refractivity contribution is 5.79. The number of anilines is 1. The minimum absolute atomic E-state index is 0.208. The maximum Gasteiger partial charge on any atom is 0.226 e. The maximum atomic E-state index is 12.6. The van der Waals surface area contributed by atoms with Gasteiger partial charge in [0.1, 0.15) is 0 Å². The third-order valence-electron chi connectivity index (χ3n) is 5.99. The van der Waals surface area contributed by atoms with Crippen molar-refractivity contribution in [3.05, 3.63) is 30.6 Å². The van der Waals surface area contributed by atoms with Gasteiger partial charge in [0.25, 0.3) is 0 Å². The molecule has 1 aromatic heterocycles. The molecule has 0 bridgehead atoms. The fourth-order valence-corrected chi connectivity index (χ4v) is 4.52. The van der Waals surface area contributed by atoms with Gasteiger partial charge in [-0.3, -0.25) is 4.79 Å². The standard InChI is InChI=1S/C19H26N4O/c24-17(16-5-1-2-6-16)22-13-8-19(9-14-22)7-3-12-23(15-19)18-20-10-4-11-21-18/h1-2,4,10-11,16H,3,5-9,12-15H2. The number of hydrogen-bond acceptors (Lipinski definition) is 4. The van der Waals surface area contributed by atoms with Gasteiger partial charge in [-0.1, -0.05) is 12.2 Å². The van der Waals surface area contributed by atoms with Crippen LogP contribution < -0.4 is 4.90 Å². The van der Waals surface area contributed by atoms with E-state index in [0.717, 1.165) is 57.8 Å². The average molecular weight is 326 g/mol. The zero-order valence-corrected chi connectivity index (χ0v) is 14.2. The van der Waals surface area contributed by atoms with Crippen molar-refractivity contribution in [1.82, 2.24) is 14.9 Å². The highest BCUT2D eigenvalue weighted by Crippen LogP contribution is 2.41. The summed E-state index contributed by atoms with van der Waals surface area (Å²) in [5, 5.41) is 0. The van der Waals surface area contributed by atoms with Crippen LogP contribution in [0.2, 0.25) is 0 Å². The first-order chi connectivity index (χ1) is 11.8. The van der Waals surface area contributed by atoms with E-state index >= 15 is 0 Å². The third kappa shape index (κ3) is 3.04. The van der Waals surface area contributed by atoms with Crippen molar-refractivity contribution in [2.45, 2.75) is 38.5 Å². The molecule has 0 unspecified atom stereocenters. The monoisotopic (exact) mass is 326 g/mol. The van der Waals surface area contributed by atoms with Crippen LogP contribution in [0.25, 0.3) is 0 Å². The van der Waals surface area contributed by atoms with Crippen molar-refractivity contribution in [3.8, 4) is 0 Å². The minimum Gasteiger partial charge on any atom is -0.342 e. The molecule has 0 N–H and O–H groups in total. The number of aromatic nitrogens is 2. The van der Waals surface area contributed by atoms with E-state index in [0.29, 0.717) is 11.3 Å². The van der Waals surface area contributed by atoms with Gasteiger partial charge in [-0.25, -0.2) is 9.97 Å². The van der Waals surface area contributed by atoms with Crippen LogP contribution >= 0.6 is 0 Å². The fraction of sp³-hybridized carbons (Fsp3) is 0.632. The molecule has 5 nitrogen and oxygen atoms in total. The zero-order chi connectivity index (χ0) is 16.4. The first-order valence-corrected chi connectivity index (χ1v) is 9.22. The molecule has 3 heterocycles. The lowest BCUT2D eigenvalue weighted by Crippen LogP contribution is -2.51. The highest BCUT2D eigenvalue weighted by atomic mass is 16.2. The number of carbonyl (C=O) groups is 1. The topological polar surface area (TPSA) is 49.3 Å². The summed E-state index contributed by atoms with van der Waals surface area (Å²) in [6.07, 6.45) is 14.5. The summed E-state index contributed by atoms with van der Waals surface area (Å²) in [6.45, 7) is 3.91. The molecule has 0 radical (unpaired) electrons. The molecule has 1 aliphatic carbocycles. The predicted molar refractivity (Wildman–Crippen MR) is 93.6 cm³/mol. The zero-order valence-electron chi connectivity index (χ0n) is 14.2. The molecule has 5 heteroatoms. The number of carbonyl (C=O) groups excluding carboxylic acids is 1. The van der Waals surface area contributed by atoms with Gasteiger partial charge >= 0.3 is 0 Å². The Kier molecular flexibility index (Phi) is 4.25. The van der Waals surface area contributed by atoms with Crippen molar-refractivity contribution < 1.29 is 4.79 Å². The van der Waals surface area contributed by atoms with E-state index in [1.165, 1.54) is 12.8 Å². The summed E-state index contributed by atoms with van der Waals surface area (Å²) in [5.41, 5.74) is 0.335. The molecule has 24 heavy (non-hydrogen) atoms. The van der Waals surface area contributed by atoms with Crippen LogP contribution in [0, 0.1) is 11.3 Å². The van der Waals surface area contributed by atoms with Gasteiger partial charge in [0, 0.05) is 44.5 Å². The van der Waals surface area contributed by atoms with E-state index in [4.69, 9.17) is 0 Å². The van der Waals surface area contributed by atoms with Gasteiger partial charge in [0.2, 0.25) is 11.9 Å². The predicted octanol–water partition coefficient (Wildman–Crippen LogP) is 2.65. The number of rotatable bonds is 2. The van der Waals surface area contributed by atoms with Crippen LogP contribution in [0.5, 0.6) is 0 Å². The smallest absolute Gasteiger partial charge is 0.226 e. The Hall–Kier alpha value is -1.91. The molecular formula is C19H26N4O. The number of allylic oxidation sites excluding steroid dienone is 2. The molecule has 2 saturated heterocycles. The van der Waals surface area contributed by atoms with Gasteiger partial charge in [0.15, 0.2) is 0 Å². The normalized spacial score (nSPS) is 23.8. The summed E-state index contributed by atoms with van der Waals surface area (Å²) in [5.74, 6) is 1.43. The van der Waals surface area contributed by atoms with E-state index in [1.807, 2.05) is 18.5 Å².